The summed E-state index contributed by atoms with van der Waals surface area (Å²) < 4.78 is 0. The first-order valence-corrected chi connectivity index (χ1v) is 13.7. The Labute approximate surface area is 213 Å². The van der Waals surface area contributed by atoms with Crippen LogP contribution in [-0.2, 0) is 4.79 Å². The summed E-state index contributed by atoms with van der Waals surface area (Å²) in [6.45, 7) is 4.43. The summed E-state index contributed by atoms with van der Waals surface area (Å²) in [5.74, 6) is 1.91. The fourth-order valence-electron chi connectivity index (χ4n) is 5.90. The van der Waals surface area contributed by atoms with Crippen LogP contribution in [0.5, 0.6) is 0 Å². The highest BCUT2D eigenvalue weighted by Gasteiger charge is 2.28. The predicted molar refractivity (Wildman–Crippen MR) is 145 cm³/mol. The van der Waals surface area contributed by atoms with Crippen LogP contribution in [0.2, 0.25) is 0 Å². The lowest BCUT2D eigenvalue weighted by atomic mass is 9.80. The van der Waals surface area contributed by atoms with Gasteiger partial charge in [-0.3, -0.25) is 9.59 Å². The van der Waals surface area contributed by atoms with E-state index in [2.05, 4.69) is 29.5 Å². The SMILES string of the molecule is CC1CCCCCC1NC(=O)c1ccc(-c2nc3ccc(NC(=O)C4CCCCC4C)cc3[nH]2)cc1. The topological polar surface area (TPSA) is 86.9 Å². The van der Waals surface area contributed by atoms with Crippen LogP contribution in [0.1, 0.15) is 82.0 Å². The molecule has 2 aliphatic carbocycles. The van der Waals surface area contributed by atoms with Crippen molar-refractivity contribution in [1.82, 2.24) is 15.3 Å². The number of aromatic nitrogens is 2. The minimum atomic E-state index is -0.00225. The molecule has 6 heteroatoms. The van der Waals surface area contributed by atoms with Crippen molar-refractivity contribution in [2.75, 3.05) is 5.32 Å². The highest BCUT2D eigenvalue weighted by Crippen LogP contribution is 2.31. The van der Waals surface area contributed by atoms with Crippen molar-refractivity contribution >= 4 is 28.5 Å². The van der Waals surface area contributed by atoms with Gasteiger partial charge in [0.1, 0.15) is 5.82 Å². The fraction of sp³-hybridized carbons (Fsp3) is 0.500. The Morgan fingerprint density at radius 2 is 1.58 bits per heavy atom. The fourth-order valence-corrected chi connectivity index (χ4v) is 5.90. The third-order valence-corrected chi connectivity index (χ3v) is 8.30. The zero-order valence-electron chi connectivity index (χ0n) is 21.5. The summed E-state index contributed by atoms with van der Waals surface area (Å²) in [6.07, 6.45) is 10.4. The van der Waals surface area contributed by atoms with Gasteiger partial charge < -0.3 is 15.6 Å². The molecule has 1 heterocycles. The van der Waals surface area contributed by atoms with Crippen molar-refractivity contribution in [1.29, 1.82) is 0 Å². The van der Waals surface area contributed by atoms with Gasteiger partial charge in [-0.05, 0) is 67.9 Å². The van der Waals surface area contributed by atoms with Gasteiger partial charge in [-0.25, -0.2) is 4.98 Å². The molecule has 5 rings (SSSR count). The van der Waals surface area contributed by atoms with E-state index in [1.54, 1.807) is 0 Å². The molecule has 0 saturated heterocycles. The first-order chi connectivity index (χ1) is 17.5. The quantitative estimate of drug-likeness (QED) is 0.351. The maximum absolute atomic E-state index is 12.9. The molecular weight excluding hydrogens is 448 g/mol. The van der Waals surface area contributed by atoms with Crippen molar-refractivity contribution in [2.45, 2.75) is 77.7 Å². The van der Waals surface area contributed by atoms with Gasteiger partial charge >= 0.3 is 0 Å². The molecule has 0 aliphatic heterocycles. The van der Waals surface area contributed by atoms with Crippen LogP contribution in [0.25, 0.3) is 22.4 Å². The van der Waals surface area contributed by atoms with Crippen LogP contribution in [0.4, 0.5) is 5.69 Å². The lowest BCUT2D eigenvalue weighted by Gasteiger charge is -2.27. The highest BCUT2D eigenvalue weighted by atomic mass is 16.2. The second-order valence-electron chi connectivity index (χ2n) is 10.9. The number of nitrogens with zero attached hydrogens (tertiary/aromatic N) is 1. The van der Waals surface area contributed by atoms with E-state index in [9.17, 15) is 9.59 Å². The van der Waals surface area contributed by atoms with E-state index >= 15 is 0 Å². The number of aromatic amines is 1. The number of hydrogen-bond acceptors (Lipinski definition) is 3. The lowest BCUT2D eigenvalue weighted by molar-refractivity contribution is -0.122. The van der Waals surface area contributed by atoms with E-state index in [1.807, 2.05) is 42.5 Å². The third-order valence-electron chi connectivity index (χ3n) is 8.30. The molecule has 3 N–H and O–H groups in total. The zero-order chi connectivity index (χ0) is 25.1. The minimum Gasteiger partial charge on any atom is -0.349 e. The van der Waals surface area contributed by atoms with Gasteiger partial charge in [0.25, 0.3) is 5.91 Å². The van der Waals surface area contributed by atoms with Crippen LogP contribution in [0.3, 0.4) is 0 Å². The summed E-state index contributed by atoms with van der Waals surface area (Å²) in [4.78, 5) is 33.8. The molecule has 2 fully saturated rings. The van der Waals surface area contributed by atoms with Crippen molar-refractivity contribution in [3.63, 3.8) is 0 Å². The number of nitrogens with one attached hydrogen (secondary N) is 3. The van der Waals surface area contributed by atoms with E-state index in [0.29, 0.717) is 17.4 Å². The number of anilines is 1. The average Bonchev–Trinajstić information content (AvgIpc) is 3.21. The second-order valence-corrected chi connectivity index (χ2v) is 10.9. The average molecular weight is 487 g/mol. The molecule has 2 aliphatic rings. The number of benzene rings is 2. The van der Waals surface area contributed by atoms with Crippen molar-refractivity contribution in [3.8, 4) is 11.4 Å². The van der Waals surface area contributed by atoms with Gasteiger partial charge in [0.05, 0.1) is 11.0 Å². The summed E-state index contributed by atoms with van der Waals surface area (Å²) in [5, 5.41) is 6.37. The van der Waals surface area contributed by atoms with Crippen LogP contribution >= 0.6 is 0 Å². The number of carbonyl (C=O) groups is 2. The first-order valence-electron chi connectivity index (χ1n) is 13.7. The zero-order valence-corrected chi connectivity index (χ0v) is 21.5. The number of imidazole rings is 1. The number of carbonyl (C=O) groups excluding carboxylic acids is 2. The van der Waals surface area contributed by atoms with E-state index < -0.39 is 0 Å². The van der Waals surface area contributed by atoms with Crippen molar-refractivity contribution in [2.24, 2.45) is 17.8 Å². The van der Waals surface area contributed by atoms with Crippen molar-refractivity contribution in [3.05, 3.63) is 48.0 Å². The standard InChI is InChI=1S/C30H38N4O2/c1-19-8-6-7-10-24(19)30(36)31-23-16-17-26-27(18-23)33-28(32-26)21-12-14-22(15-13-21)29(35)34-25-11-5-3-4-9-20(25)2/h12-20,24-25H,3-11H2,1-2H3,(H,31,36)(H,32,33)(H,34,35). The van der Waals surface area contributed by atoms with Gasteiger partial charge in [-0.2, -0.15) is 0 Å². The number of rotatable bonds is 5. The summed E-state index contributed by atoms with van der Waals surface area (Å²) in [7, 11) is 0. The molecule has 6 nitrogen and oxygen atoms in total. The number of hydrogen-bond donors (Lipinski definition) is 3. The molecule has 3 aromatic rings. The van der Waals surface area contributed by atoms with Gasteiger partial charge in [-0.1, -0.05) is 58.1 Å². The van der Waals surface area contributed by atoms with E-state index in [0.717, 1.165) is 53.8 Å². The Bertz CT molecular complexity index is 1220. The van der Waals surface area contributed by atoms with Crippen LogP contribution in [-0.4, -0.2) is 27.8 Å². The Morgan fingerprint density at radius 3 is 2.39 bits per heavy atom. The number of H-pyrrole nitrogens is 1. The molecule has 4 atom stereocenters. The molecule has 0 bridgehead atoms. The second kappa shape index (κ2) is 10.9. The molecule has 36 heavy (non-hydrogen) atoms. The van der Waals surface area contributed by atoms with Crippen LogP contribution < -0.4 is 10.6 Å². The largest absolute Gasteiger partial charge is 0.349 e. The first kappa shape index (κ1) is 24.5. The summed E-state index contributed by atoms with van der Waals surface area (Å²) >= 11 is 0. The van der Waals surface area contributed by atoms with Crippen molar-refractivity contribution < 1.29 is 9.59 Å². The van der Waals surface area contributed by atoms with Gasteiger partial charge in [0, 0.05) is 28.8 Å². The Hall–Kier alpha value is -3.15. The normalized spacial score (nSPS) is 24.7. The molecule has 0 radical (unpaired) electrons. The maximum Gasteiger partial charge on any atom is 0.251 e. The van der Waals surface area contributed by atoms with E-state index in [-0.39, 0.29) is 23.8 Å². The Balaban J connectivity index is 1.26. The van der Waals surface area contributed by atoms with Crippen LogP contribution in [0.15, 0.2) is 42.5 Å². The third kappa shape index (κ3) is 5.48. The van der Waals surface area contributed by atoms with Gasteiger partial charge in [0.15, 0.2) is 0 Å². The Morgan fingerprint density at radius 1 is 0.861 bits per heavy atom. The monoisotopic (exact) mass is 486 g/mol. The van der Waals surface area contributed by atoms with Gasteiger partial charge in [0.2, 0.25) is 5.91 Å². The number of amides is 2. The van der Waals surface area contributed by atoms with E-state index in [1.165, 1.54) is 32.1 Å². The molecule has 2 saturated carbocycles. The number of fused-ring (bicyclic) bond motifs is 1. The molecule has 2 aromatic carbocycles. The summed E-state index contributed by atoms with van der Waals surface area (Å²) in [5.41, 5.74) is 4.11. The lowest BCUT2D eigenvalue weighted by Crippen LogP contribution is -2.38. The van der Waals surface area contributed by atoms with Gasteiger partial charge in [-0.15, -0.1) is 0 Å². The molecule has 4 unspecified atom stereocenters. The van der Waals surface area contributed by atoms with E-state index in [4.69, 9.17) is 4.98 Å². The molecule has 190 valence electrons. The Kier molecular flexibility index (Phi) is 7.40. The maximum atomic E-state index is 12.9. The molecule has 1 aromatic heterocycles. The predicted octanol–water partition coefficient (Wildman–Crippen LogP) is 6.69. The summed E-state index contributed by atoms with van der Waals surface area (Å²) in [6, 6.07) is 13.7. The van der Waals surface area contributed by atoms with Crippen LogP contribution in [0, 0.1) is 17.8 Å². The molecule has 2 amide bonds. The molecular formula is C30H38N4O2. The highest BCUT2D eigenvalue weighted by molar-refractivity contribution is 5.96. The molecule has 0 spiro atoms. The smallest absolute Gasteiger partial charge is 0.251 e. The minimum absolute atomic E-state index is 0.00225.